The van der Waals surface area contributed by atoms with Gasteiger partial charge >= 0.3 is 18.6 Å². The Bertz CT molecular complexity index is 536. The molecule has 0 saturated carbocycles. The van der Waals surface area contributed by atoms with Gasteiger partial charge in [-0.2, -0.15) is 13.2 Å². The molecule has 2 rings (SSSR count). The summed E-state index contributed by atoms with van der Waals surface area (Å²) in [5, 5.41) is 0. The van der Waals surface area contributed by atoms with Crippen molar-refractivity contribution < 1.29 is 36.6 Å². The zero-order valence-electron chi connectivity index (χ0n) is 11.7. The Labute approximate surface area is 124 Å². The largest absolute Gasteiger partial charge is 0.491 e. The van der Waals surface area contributed by atoms with Crippen LogP contribution in [0.15, 0.2) is 18.2 Å². The number of alkyl halides is 3. The molecule has 0 spiro atoms. The Morgan fingerprint density at radius 1 is 1.32 bits per heavy atom. The van der Waals surface area contributed by atoms with E-state index in [1.807, 2.05) is 6.92 Å². The quantitative estimate of drug-likeness (QED) is 0.634. The molecule has 1 heterocycles. The van der Waals surface area contributed by atoms with Crippen molar-refractivity contribution in [2.75, 3.05) is 13.2 Å². The fraction of sp³-hybridized carbons (Fsp3) is 0.500. The van der Waals surface area contributed by atoms with Gasteiger partial charge < -0.3 is 14.2 Å². The van der Waals surface area contributed by atoms with Crippen LogP contribution in [0.1, 0.15) is 24.0 Å². The molecule has 0 atom stereocenters. The number of hydrogen-bond donors (Lipinski definition) is 0. The van der Waals surface area contributed by atoms with Crippen molar-refractivity contribution in [1.29, 1.82) is 0 Å². The van der Waals surface area contributed by atoms with Gasteiger partial charge in [-0.1, -0.05) is 19.1 Å². The molecule has 1 aromatic rings. The van der Waals surface area contributed by atoms with Crippen LogP contribution in [0.25, 0.3) is 0 Å². The van der Waals surface area contributed by atoms with Crippen LogP contribution in [0.4, 0.5) is 17.6 Å². The molecule has 1 aliphatic heterocycles. The van der Waals surface area contributed by atoms with E-state index in [0.717, 1.165) is 5.56 Å². The summed E-state index contributed by atoms with van der Waals surface area (Å²) in [5.74, 6) is -3.30. The van der Waals surface area contributed by atoms with E-state index >= 15 is 0 Å². The van der Waals surface area contributed by atoms with Crippen molar-refractivity contribution in [1.82, 2.24) is 0 Å². The highest BCUT2D eigenvalue weighted by atomic mass is 19.4. The fourth-order valence-electron chi connectivity index (χ4n) is 2.01. The second kappa shape index (κ2) is 6.62. The summed E-state index contributed by atoms with van der Waals surface area (Å²) in [6.07, 6.45) is -4.43. The van der Waals surface area contributed by atoms with Gasteiger partial charge in [-0.05, 0) is 23.6 Å². The molecular formula is C14H14F4O4. The molecule has 1 saturated heterocycles. The maximum atomic E-state index is 13.9. The minimum Gasteiger partial charge on any atom is -0.404 e. The van der Waals surface area contributed by atoms with E-state index in [1.54, 1.807) is 12.1 Å². The Kier molecular flexibility index (Phi) is 5.02. The van der Waals surface area contributed by atoms with Gasteiger partial charge in [0.15, 0.2) is 0 Å². The summed E-state index contributed by atoms with van der Waals surface area (Å²) in [7, 11) is 0. The molecule has 0 aromatic heterocycles. The highest BCUT2D eigenvalue weighted by Gasteiger charge is 2.43. The molecule has 4 nitrogen and oxygen atoms in total. The monoisotopic (exact) mass is 322 g/mol. The van der Waals surface area contributed by atoms with Crippen molar-refractivity contribution in [3.05, 3.63) is 35.1 Å². The molecule has 0 radical (unpaired) electrons. The second-order valence-corrected chi connectivity index (χ2v) is 4.76. The van der Waals surface area contributed by atoms with Crippen LogP contribution in [0, 0.1) is 5.82 Å². The number of benzene rings is 1. The number of aryl methyl sites for hydroxylation is 1. The lowest BCUT2D eigenvalue weighted by molar-refractivity contribution is -0.314. The first-order chi connectivity index (χ1) is 10.3. The topological polar surface area (TPSA) is 44.8 Å². The van der Waals surface area contributed by atoms with E-state index in [-0.39, 0.29) is 13.2 Å². The summed E-state index contributed by atoms with van der Waals surface area (Å²) in [6.45, 7) is -0.0691. The minimum absolute atomic E-state index is 0.113. The third-order valence-corrected chi connectivity index (χ3v) is 3.21. The van der Waals surface area contributed by atoms with Gasteiger partial charge in [-0.25, -0.2) is 9.18 Å². The summed E-state index contributed by atoms with van der Waals surface area (Å²) in [5.41, 5.74) is 1.17. The number of hydrogen-bond acceptors (Lipinski definition) is 4. The first-order valence-electron chi connectivity index (χ1n) is 6.60. The van der Waals surface area contributed by atoms with Gasteiger partial charge in [0.1, 0.15) is 5.82 Å². The first kappa shape index (κ1) is 16.7. The zero-order valence-corrected chi connectivity index (χ0v) is 11.7. The van der Waals surface area contributed by atoms with Crippen molar-refractivity contribution in [2.24, 2.45) is 0 Å². The molecule has 0 aliphatic carbocycles. The number of esters is 1. The van der Waals surface area contributed by atoms with Crippen molar-refractivity contribution >= 4 is 5.97 Å². The van der Waals surface area contributed by atoms with Crippen molar-refractivity contribution in [2.45, 2.75) is 31.9 Å². The van der Waals surface area contributed by atoms with E-state index in [0.29, 0.717) is 12.0 Å². The van der Waals surface area contributed by atoms with Crippen LogP contribution in [-0.2, 0) is 25.4 Å². The number of ether oxygens (including phenoxy) is 3. The predicted octanol–water partition coefficient (Wildman–Crippen LogP) is 2.91. The minimum atomic E-state index is -5.12. The Balaban J connectivity index is 1.94. The van der Waals surface area contributed by atoms with Crippen LogP contribution < -0.4 is 0 Å². The van der Waals surface area contributed by atoms with E-state index in [4.69, 9.17) is 9.47 Å². The summed E-state index contributed by atoms with van der Waals surface area (Å²) in [6, 6.07) is 4.74. The van der Waals surface area contributed by atoms with Gasteiger partial charge in [0, 0.05) is 5.92 Å². The van der Waals surface area contributed by atoms with Gasteiger partial charge in [0.2, 0.25) is 0 Å². The second-order valence-electron chi connectivity index (χ2n) is 4.76. The maximum Gasteiger partial charge on any atom is 0.491 e. The molecule has 1 fully saturated rings. The van der Waals surface area contributed by atoms with Crippen molar-refractivity contribution in [3.63, 3.8) is 0 Å². The number of halogens is 4. The van der Waals surface area contributed by atoms with E-state index in [9.17, 15) is 22.4 Å². The standard InChI is InChI=1S/C14H14F4O4/c1-2-8-3-4-10(11(15)5-8)9-6-20-13(21-7-9)22-12(19)14(16,17)18/h3-5,9,13H,2,6-7H2,1H3. The molecule has 0 N–H and O–H groups in total. The van der Waals surface area contributed by atoms with Crippen LogP contribution in [0.3, 0.4) is 0 Å². The van der Waals surface area contributed by atoms with Gasteiger partial charge in [0.25, 0.3) is 0 Å². The first-order valence-corrected chi connectivity index (χ1v) is 6.60. The maximum absolute atomic E-state index is 13.9. The SMILES string of the molecule is CCc1ccc(C2COC(OC(=O)C(F)(F)F)OC2)c(F)c1. The van der Waals surface area contributed by atoms with Crippen molar-refractivity contribution in [3.8, 4) is 0 Å². The van der Waals surface area contributed by atoms with Crippen LogP contribution in [-0.4, -0.2) is 31.8 Å². The number of carbonyl (C=O) groups is 1. The normalized spacial score (nSPS) is 22.4. The summed E-state index contributed by atoms with van der Waals surface area (Å²) >= 11 is 0. The average molecular weight is 322 g/mol. The van der Waals surface area contributed by atoms with E-state index < -0.39 is 30.4 Å². The molecule has 0 unspecified atom stereocenters. The van der Waals surface area contributed by atoms with Gasteiger partial charge in [0.05, 0.1) is 13.2 Å². The zero-order chi connectivity index (χ0) is 16.3. The third-order valence-electron chi connectivity index (χ3n) is 3.21. The van der Waals surface area contributed by atoms with Crippen LogP contribution >= 0.6 is 0 Å². The Morgan fingerprint density at radius 3 is 2.45 bits per heavy atom. The smallest absolute Gasteiger partial charge is 0.404 e. The molecule has 122 valence electrons. The summed E-state index contributed by atoms with van der Waals surface area (Å²) in [4.78, 5) is 10.6. The molecule has 22 heavy (non-hydrogen) atoms. The fourth-order valence-corrected chi connectivity index (χ4v) is 2.01. The highest BCUT2D eigenvalue weighted by Crippen LogP contribution is 2.27. The lowest BCUT2D eigenvalue weighted by atomic mass is 9.98. The lowest BCUT2D eigenvalue weighted by Gasteiger charge is -2.29. The lowest BCUT2D eigenvalue weighted by Crippen LogP contribution is -2.38. The molecule has 1 aliphatic rings. The van der Waals surface area contributed by atoms with Gasteiger partial charge in [-0.15, -0.1) is 0 Å². The Hall–Kier alpha value is -1.67. The summed E-state index contributed by atoms with van der Waals surface area (Å²) < 4.78 is 63.8. The number of rotatable bonds is 3. The van der Waals surface area contributed by atoms with Crippen LogP contribution in [0.2, 0.25) is 0 Å². The predicted molar refractivity (Wildman–Crippen MR) is 66.4 cm³/mol. The van der Waals surface area contributed by atoms with Crippen LogP contribution in [0.5, 0.6) is 0 Å². The molecule has 8 heteroatoms. The van der Waals surface area contributed by atoms with E-state index in [1.165, 1.54) is 6.07 Å². The third kappa shape index (κ3) is 3.95. The Morgan fingerprint density at radius 2 is 1.95 bits per heavy atom. The number of carbonyl (C=O) groups excluding carboxylic acids is 1. The molecule has 0 bridgehead atoms. The van der Waals surface area contributed by atoms with E-state index in [2.05, 4.69) is 4.74 Å². The molecule has 0 amide bonds. The average Bonchev–Trinajstić information content (AvgIpc) is 2.47. The van der Waals surface area contributed by atoms with Gasteiger partial charge in [-0.3, -0.25) is 0 Å². The molecule has 1 aromatic carbocycles. The molecular weight excluding hydrogens is 308 g/mol. The highest BCUT2D eigenvalue weighted by molar-refractivity contribution is 5.75.